The van der Waals surface area contributed by atoms with Crippen LogP contribution in [0, 0.1) is 0 Å². The normalized spacial score (nSPS) is 0.750. The van der Waals surface area contributed by atoms with Gasteiger partial charge in [-0.3, -0.25) is 0 Å². The summed E-state index contributed by atoms with van der Waals surface area (Å²) >= 11 is 0.500. The molecule has 27 valence electrons. The van der Waals surface area contributed by atoms with E-state index >= 15 is 0 Å². The van der Waals surface area contributed by atoms with Crippen LogP contribution in [0.1, 0.15) is 0 Å². The number of halogens is 2. The summed E-state index contributed by atoms with van der Waals surface area (Å²) in [4.78, 5) is 0. The predicted molar refractivity (Wildman–Crippen MR) is 15.2 cm³/mol. The molecule has 0 aromatic carbocycles. The van der Waals surface area contributed by atoms with Gasteiger partial charge in [-0.05, 0) is 0 Å². The molecule has 0 aliphatic rings. The maximum atomic E-state index is 8.30. The third-order valence-corrected chi connectivity index (χ3v) is 0. The van der Waals surface area contributed by atoms with Crippen LogP contribution in [0.4, 0.5) is 0 Å². The van der Waals surface area contributed by atoms with Gasteiger partial charge in [-0.2, -0.15) is 0 Å². The Morgan fingerprint density at radius 1 is 1.00 bits per heavy atom. The van der Waals surface area contributed by atoms with Crippen molar-refractivity contribution in [3.05, 3.63) is 0 Å². The molecule has 0 aliphatic carbocycles. The van der Waals surface area contributed by atoms with Gasteiger partial charge in [-0.1, -0.05) is 0 Å². The van der Waals surface area contributed by atoms with Gasteiger partial charge in [0, 0.05) is 0 Å². The van der Waals surface area contributed by atoms with Crippen LogP contribution in [-0.2, 0) is 24.3 Å². The fraction of sp³-hybridized carbons (Fsp3) is 0. The third kappa shape index (κ3) is 11.2. The van der Waals surface area contributed by atoms with Crippen molar-refractivity contribution in [3.63, 3.8) is 0 Å². The van der Waals surface area contributed by atoms with E-state index in [1.165, 1.54) is 0 Å². The fourth-order valence-electron chi connectivity index (χ4n) is 0. The van der Waals surface area contributed by atoms with Crippen molar-refractivity contribution in [2.24, 2.45) is 0 Å². The van der Waals surface area contributed by atoms with Crippen LogP contribution in [0.15, 0.2) is 0 Å². The second kappa shape index (κ2) is 32.0. The Morgan fingerprint density at radius 3 is 1.00 bits per heavy atom. The monoisotopic (exact) mass is 181 g/mol. The third-order valence-electron chi connectivity index (χ3n) is 0. The molecule has 0 atom stereocenters. The van der Waals surface area contributed by atoms with Gasteiger partial charge in [0.1, 0.15) is 0 Å². The van der Waals surface area contributed by atoms with Gasteiger partial charge >= 0.3 is 24.3 Å². The van der Waals surface area contributed by atoms with Gasteiger partial charge in [0.15, 0.2) is 0 Å². The molecule has 0 spiro atoms. The summed E-state index contributed by atoms with van der Waals surface area (Å²) in [5.41, 5.74) is 0. The molecule has 0 aromatic heterocycles. The van der Waals surface area contributed by atoms with E-state index in [9.17, 15) is 0 Å². The van der Waals surface area contributed by atoms with Crippen LogP contribution in [0.2, 0.25) is 0 Å². The molecule has 0 radical (unpaired) electrons. The molecule has 0 aliphatic heterocycles. The first-order valence-corrected chi connectivity index (χ1v) is 1.08. The first-order valence-electron chi connectivity index (χ1n) is 0.183. The Bertz CT molecular complexity index is 6.00. The molecule has 0 bridgehead atoms. The van der Waals surface area contributed by atoms with E-state index < -0.39 is 0 Å². The molecule has 0 heterocycles. The molecular formula is H2Cl2NbO. The molecule has 0 saturated carbocycles. The number of hydrogen-bond acceptors (Lipinski definition) is 1. The van der Waals surface area contributed by atoms with Crippen molar-refractivity contribution in [1.29, 1.82) is 0 Å². The van der Waals surface area contributed by atoms with Gasteiger partial charge in [-0.15, -0.1) is 24.8 Å². The Hall–Kier alpha value is 1.12. The number of hydrogen-bond donors (Lipinski definition) is 0. The first kappa shape index (κ1) is 19.3. The van der Waals surface area contributed by atoms with Crippen molar-refractivity contribution >= 4 is 24.8 Å². The predicted octanol–water partition coefficient (Wildman–Crippen LogP) is 0.722. The van der Waals surface area contributed by atoms with Crippen LogP contribution in [-0.4, -0.2) is 0 Å². The SMILES string of the molecule is Cl.Cl.[O]=[Nb]. The van der Waals surface area contributed by atoms with Gasteiger partial charge < -0.3 is 0 Å². The van der Waals surface area contributed by atoms with E-state index in [4.69, 9.17) is 3.25 Å². The van der Waals surface area contributed by atoms with Crippen molar-refractivity contribution in [1.82, 2.24) is 0 Å². The average molecular weight is 182 g/mol. The second-order valence-electron chi connectivity index (χ2n) is 0. The second-order valence-corrected chi connectivity index (χ2v) is 0. The summed E-state index contributed by atoms with van der Waals surface area (Å²) in [6, 6.07) is 0. The van der Waals surface area contributed by atoms with E-state index in [1.54, 1.807) is 0 Å². The van der Waals surface area contributed by atoms with Crippen LogP contribution >= 0.6 is 24.8 Å². The maximum absolute atomic E-state index is 8.30. The first-order chi connectivity index (χ1) is 1.00. The van der Waals surface area contributed by atoms with Gasteiger partial charge in [0.05, 0.1) is 0 Å². The molecule has 0 amide bonds. The summed E-state index contributed by atoms with van der Waals surface area (Å²) in [6.45, 7) is 0. The minimum absolute atomic E-state index is 0. The van der Waals surface area contributed by atoms with E-state index in [0.717, 1.165) is 0 Å². The Balaban J connectivity index is -0.00000000500. The molecule has 4 heavy (non-hydrogen) atoms. The standard InChI is InChI=1S/2ClH.Nb.O/h2*1H;;. The number of rotatable bonds is 0. The summed E-state index contributed by atoms with van der Waals surface area (Å²) in [6.07, 6.45) is 0. The van der Waals surface area contributed by atoms with Gasteiger partial charge in [0.2, 0.25) is 0 Å². The topological polar surface area (TPSA) is 17.1 Å². The summed E-state index contributed by atoms with van der Waals surface area (Å²) in [7, 11) is 0. The van der Waals surface area contributed by atoms with Crippen molar-refractivity contribution in [2.45, 2.75) is 0 Å². The zero-order valence-corrected chi connectivity index (χ0v) is 5.50. The Kier molecular flexibility index (Phi) is 155. The zero-order valence-electron chi connectivity index (χ0n) is 1.67. The van der Waals surface area contributed by atoms with E-state index in [2.05, 4.69) is 0 Å². The fourth-order valence-corrected chi connectivity index (χ4v) is 0. The van der Waals surface area contributed by atoms with Crippen LogP contribution in [0.25, 0.3) is 0 Å². The van der Waals surface area contributed by atoms with Crippen molar-refractivity contribution < 1.29 is 24.3 Å². The Morgan fingerprint density at radius 2 is 1.00 bits per heavy atom. The van der Waals surface area contributed by atoms with Crippen molar-refractivity contribution in [2.75, 3.05) is 0 Å². The summed E-state index contributed by atoms with van der Waals surface area (Å²) < 4.78 is 8.30. The summed E-state index contributed by atoms with van der Waals surface area (Å²) in [5, 5.41) is 0. The van der Waals surface area contributed by atoms with Crippen molar-refractivity contribution in [3.8, 4) is 0 Å². The van der Waals surface area contributed by atoms with Gasteiger partial charge in [-0.25, -0.2) is 0 Å². The molecule has 0 rings (SSSR count). The summed E-state index contributed by atoms with van der Waals surface area (Å²) in [5.74, 6) is 0. The van der Waals surface area contributed by atoms with Crippen LogP contribution in [0.5, 0.6) is 0 Å². The van der Waals surface area contributed by atoms with E-state index in [-0.39, 0.29) is 24.8 Å². The van der Waals surface area contributed by atoms with Crippen LogP contribution in [0.3, 0.4) is 0 Å². The molecule has 1 nitrogen and oxygen atoms in total. The molecule has 4 heteroatoms. The van der Waals surface area contributed by atoms with Crippen LogP contribution < -0.4 is 0 Å². The molecule has 0 N–H and O–H groups in total. The molecular weight excluding hydrogens is 180 g/mol. The quantitative estimate of drug-likeness (QED) is 0.504. The van der Waals surface area contributed by atoms with E-state index in [1.807, 2.05) is 0 Å². The van der Waals surface area contributed by atoms with Gasteiger partial charge in [0.25, 0.3) is 0 Å². The molecule has 0 aromatic rings. The zero-order chi connectivity index (χ0) is 2.00. The minimum atomic E-state index is 0. The average Bonchev–Trinajstić information content (AvgIpc) is 1.00. The van der Waals surface area contributed by atoms with E-state index in [0.29, 0.717) is 21.0 Å². The molecule has 0 fully saturated rings. The Labute approximate surface area is 49.2 Å². The molecule has 0 unspecified atom stereocenters. The molecule has 0 saturated heterocycles.